The van der Waals surface area contributed by atoms with Gasteiger partial charge < -0.3 is 14.5 Å². The number of nitrogens with zero attached hydrogens (tertiary/aromatic N) is 3. The molecule has 0 spiro atoms. The van der Waals surface area contributed by atoms with Crippen LogP contribution < -0.4 is 5.19 Å². The van der Waals surface area contributed by atoms with Crippen LogP contribution in [0.5, 0.6) is 0 Å². The summed E-state index contributed by atoms with van der Waals surface area (Å²) in [6.07, 6.45) is 9.70. The Bertz CT molecular complexity index is 2210. The van der Waals surface area contributed by atoms with Gasteiger partial charge in [0, 0.05) is 53.5 Å². The Balaban J connectivity index is 0.000000289. The topological polar surface area (TPSA) is 89.1 Å². The molecule has 1 radical (unpaired) electrons. The molecule has 0 amide bonds. The molecule has 0 unspecified atom stereocenters. The van der Waals surface area contributed by atoms with Gasteiger partial charge in [-0.2, -0.15) is 0 Å². The molecule has 4 heterocycles. The van der Waals surface area contributed by atoms with Gasteiger partial charge in [-0.3, -0.25) is 9.78 Å². The zero-order chi connectivity index (χ0) is 37.1. The molecule has 0 bridgehead atoms. The molecule has 52 heavy (non-hydrogen) atoms. The SMILES string of the molecule is CCC(C)(CC)C(=O)/C=C(\O)C(C)(CC)CC.Cc1ccc2c(n1)oc1c(-c3cc(-c4ccccc4)c4cc([Si](C)(C)C)ccc4n3)[c-]ncc12.[Ir]. The molecule has 6 nitrogen and oxygen atoms in total. The maximum Gasteiger partial charge on any atom is 0.216 e. The Morgan fingerprint density at radius 3 is 2.12 bits per heavy atom. The zero-order valence-electron chi connectivity index (χ0n) is 32.3. The molecule has 0 aliphatic carbocycles. The number of hydrogen-bond donors (Lipinski definition) is 1. The van der Waals surface area contributed by atoms with Crippen LogP contribution in [-0.2, 0) is 24.9 Å². The van der Waals surface area contributed by atoms with E-state index in [0.29, 0.717) is 11.3 Å². The molecule has 1 N–H and O–H groups in total. The summed E-state index contributed by atoms with van der Waals surface area (Å²) in [6, 6.07) is 23.4. The molecule has 6 rings (SSSR count). The number of rotatable bonds is 10. The quantitative estimate of drug-likeness (QED) is 0.0638. The van der Waals surface area contributed by atoms with E-state index in [1.165, 1.54) is 11.3 Å². The fourth-order valence-electron chi connectivity index (χ4n) is 6.15. The first kappa shape index (κ1) is 40.8. The molecular weight excluding hydrogens is 839 g/mol. The maximum atomic E-state index is 12.2. The number of carbonyl (C=O) groups is 1. The summed E-state index contributed by atoms with van der Waals surface area (Å²) >= 11 is 0. The van der Waals surface area contributed by atoms with Crippen molar-refractivity contribution in [2.45, 2.75) is 93.8 Å². The van der Waals surface area contributed by atoms with Gasteiger partial charge in [-0.25, -0.2) is 4.98 Å². The molecule has 6 aromatic rings. The van der Waals surface area contributed by atoms with E-state index in [9.17, 15) is 9.90 Å². The van der Waals surface area contributed by atoms with Crippen molar-refractivity contribution in [2.24, 2.45) is 10.8 Å². The number of benzene rings is 2. The standard InChI is InChI=1S/C29H24N3OSi.C15H28O2.Ir/c1-18-10-12-21-24-16-30-17-25(28(24)33-29(21)31-18)27-15-22(19-8-6-5-7-9-19)23-14-20(34(2,3)4)11-13-26(23)32-27;1-7-14(5,8-2)12(16)11-13(17)15(6,9-3)10-4;/h5-16H,1-4H3;11,16H,7-10H2,1-6H3;/q-1;;/b;12-11-;. The molecule has 2 aromatic carbocycles. The molecule has 0 aliphatic heterocycles. The number of pyridine rings is 3. The van der Waals surface area contributed by atoms with Crippen LogP contribution >= 0.6 is 0 Å². The van der Waals surface area contributed by atoms with Gasteiger partial charge in [0.2, 0.25) is 5.71 Å². The van der Waals surface area contributed by atoms with Crippen LogP contribution in [0.4, 0.5) is 0 Å². The van der Waals surface area contributed by atoms with E-state index in [1.54, 1.807) is 6.20 Å². The van der Waals surface area contributed by atoms with Crippen LogP contribution in [-0.4, -0.2) is 33.9 Å². The number of fused-ring (bicyclic) bond motifs is 4. The van der Waals surface area contributed by atoms with Gasteiger partial charge in [0.25, 0.3) is 0 Å². The molecule has 0 fully saturated rings. The molecule has 275 valence electrons. The van der Waals surface area contributed by atoms with Crippen molar-refractivity contribution in [1.82, 2.24) is 15.0 Å². The summed E-state index contributed by atoms with van der Waals surface area (Å²) in [4.78, 5) is 26.2. The van der Waals surface area contributed by atoms with Crippen LogP contribution in [0.25, 0.3) is 55.4 Å². The Labute approximate surface area is 323 Å². The van der Waals surface area contributed by atoms with E-state index in [4.69, 9.17) is 9.40 Å². The minimum atomic E-state index is -1.48. The first-order valence-corrected chi connectivity index (χ1v) is 21.7. The second-order valence-corrected chi connectivity index (χ2v) is 20.3. The van der Waals surface area contributed by atoms with Crippen LogP contribution in [0.15, 0.2) is 89.2 Å². The summed E-state index contributed by atoms with van der Waals surface area (Å²) in [5, 5.41) is 14.6. The Morgan fingerprint density at radius 2 is 1.50 bits per heavy atom. The number of allylic oxidation sites excluding steroid dienone is 2. The number of aryl methyl sites for hydroxylation is 1. The second-order valence-electron chi connectivity index (χ2n) is 15.2. The summed E-state index contributed by atoms with van der Waals surface area (Å²) in [5.41, 5.74) is 6.44. The summed E-state index contributed by atoms with van der Waals surface area (Å²) < 4.78 is 6.22. The van der Waals surface area contributed by atoms with Gasteiger partial charge >= 0.3 is 0 Å². The first-order valence-electron chi connectivity index (χ1n) is 18.2. The Morgan fingerprint density at radius 1 is 0.846 bits per heavy atom. The average Bonchev–Trinajstić information content (AvgIpc) is 3.51. The largest absolute Gasteiger partial charge is 0.512 e. The minimum absolute atomic E-state index is 0. The number of aliphatic hydroxyl groups excluding tert-OH is 1. The fourth-order valence-corrected chi connectivity index (χ4v) is 7.31. The summed E-state index contributed by atoms with van der Waals surface area (Å²) in [5.74, 6) is 0.286. The normalized spacial score (nSPS) is 12.5. The predicted molar refractivity (Wildman–Crippen MR) is 215 cm³/mol. The minimum Gasteiger partial charge on any atom is -0.512 e. The number of ketones is 1. The monoisotopic (exact) mass is 891 g/mol. The molecule has 0 saturated heterocycles. The van der Waals surface area contributed by atoms with Gasteiger partial charge in [-0.05, 0) is 85.4 Å². The van der Waals surface area contributed by atoms with Crippen molar-refractivity contribution in [3.63, 3.8) is 0 Å². The van der Waals surface area contributed by atoms with Crippen molar-refractivity contribution in [2.75, 3.05) is 0 Å². The van der Waals surface area contributed by atoms with Crippen molar-refractivity contribution in [3.8, 4) is 22.4 Å². The third-order valence-corrected chi connectivity index (χ3v) is 13.0. The van der Waals surface area contributed by atoms with Gasteiger partial charge in [0.1, 0.15) is 5.76 Å². The average molecular weight is 891 g/mol. The maximum absolute atomic E-state index is 12.2. The smallest absolute Gasteiger partial charge is 0.216 e. The van der Waals surface area contributed by atoms with E-state index in [2.05, 4.69) is 84.3 Å². The number of aliphatic hydroxyl groups is 1. The van der Waals surface area contributed by atoms with E-state index in [0.717, 1.165) is 75.4 Å². The fraction of sp³-hybridized carbons (Fsp3) is 0.364. The van der Waals surface area contributed by atoms with E-state index in [1.807, 2.05) is 66.7 Å². The van der Waals surface area contributed by atoms with E-state index < -0.39 is 8.07 Å². The number of aromatic nitrogens is 3. The summed E-state index contributed by atoms with van der Waals surface area (Å²) in [6.45, 7) is 21.2. The third-order valence-electron chi connectivity index (χ3n) is 10.9. The molecular formula is C44H52IrN3O3Si-. The van der Waals surface area contributed by atoms with Crippen molar-refractivity contribution < 1.29 is 34.4 Å². The van der Waals surface area contributed by atoms with Gasteiger partial charge in [-0.15, -0.1) is 0 Å². The van der Waals surface area contributed by atoms with E-state index >= 15 is 0 Å². The molecule has 0 aliphatic rings. The van der Waals surface area contributed by atoms with Gasteiger partial charge in [-0.1, -0.05) is 120 Å². The number of hydrogen-bond acceptors (Lipinski definition) is 6. The number of carbonyl (C=O) groups excluding carboxylic acids is 1. The zero-order valence-corrected chi connectivity index (χ0v) is 35.7. The third kappa shape index (κ3) is 8.30. The van der Waals surface area contributed by atoms with Gasteiger partial charge in [0.05, 0.1) is 19.2 Å². The molecule has 4 aromatic heterocycles. The predicted octanol–water partition coefficient (Wildman–Crippen LogP) is 11.6. The molecule has 8 heteroatoms. The van der Waals surface area contributed by atoms with Crippen molar-refractivity contribution >= 4 is 52.0 Å². The van der Waals surface area contributed by atoms with Crippen molar-refractivity contribution in [3.05, 3.63) is 96.7 Å². The van der Waals surface area contributed by atoms with E-state index in [-0.39, 0.29) is 42.5 Å². The first-order chi connectivity index (χ1) is 24.2. The van der Waals surface area contributed by atoms with Crippen LogP contribution in [0.1, 0.15) is 72.9 Å². The molecule has 0 saturated carbocycles. The van der Waals surface area contributed by atoms with Crippen molar-refractivity contribution in [1.29, 1.82) is 0 Å². The second kappa shape index (κ2) is 16.4. The van der Waals surface area contributed by atoms with Gasteiger partial charge in [0.15, 0.2) is 5.78 Å². The Hall–Kier alpha value is -3.97. The van der Waals surface area contributed by atoms with Crippen LogP contribution in [0.3, 0.4) is 0 Å². The molecule has 0 atom stereocenters. The Kier molecular flexibility index (Phi) is 12.8. The summed E-state index contributed by atoms with van der Waals surface area (Å²) in [7, 11) is -1.48. The number of furan rings is 1. The van der Waals surface area contributed by atoms with Crippen LogP contribution in [0.2, 0.25) is 19.6 Å². The van der Waals surface area contributed by atoms with Crippen LogP contribution in [0, 0.1) is 24.0 Å².